The molecule has 0 bridgehead atoms. The van der Waals surface area contributed by atoms with Crippen LogP contribution in [0.5, 0.6) is 0 Å². The summed E-state index contributed by atoms with van der Waals surface area (Å²) in [6, 6.07) is 5.43. The zero-order chi connectivity index (χ0) is 15.4. The van der Waals surface area contributed by atoms with Gasteiger partial charge < -0.3 is 0 Å². The van der Waals surface area contributed by atoms with Crippen LogP contribution in [0.1, 0.15) is 30.6 Å². The minimum absolute atomic E-state index is 0.126. The summed E-state index contributed by atoms with van der Waals surface area (Å²) in [4.78, 5) is 23.9. The van der Waals surface area contributed by atoms with Gasteiger partial charge in [-0.05, 0) is 37.6 Å². The third-order valence-electron chi connectivity index (χ3n) is 2.95. The molecule has 0 aliphatic carbocycles. The molecule has 2 aromatic rings. The first kappa shape index (κ1) is 15.5. The summed E-state index contributed by atoms with van der Waals surface area (Å²) < 4.78 is 14.4. The first-order valence-electron chi connectivity index (χ1n) is 6.64. The topological polar surface area (TPSA) is 67.8 Å². The van der Waals surface area contributed by atoms with Gasteiger partial charge in [-0.25, -0.2) is 14.3 Å². The number of Topliss-reactive ketones (excluding diaryl/α,β-unsaturated/α-hetero) is 1. The number of benzene rings is 1. The van der Waals surface area contributed by atoms with Gasteiger partial charge in [0.15, 0.2) is 10.9 Å². The number of hydrogen-bond donors (Lipinski definition) is 1. The van der Waals surface area contributed by atoms with E-state index in [1.54, 1.807) is 6.92 Å². The number of H-pyrrole nitrogens is 1. The van der Waals surface area contributed by atoms with E-state index >= 15 is 0 Å². The summed E-state index contributed by atoms with van der Waals surface area (Å²) in [5.41, 5.74) is 0.164. The number of carbonyl (C=O) groups is 1. The van der Waals surface area contributed by atoms with Gasteiger partial charge in [-0.15, -0.1) is 5.10 Å². The average Bonchev–Trinajstić information content (AvgIpc) is 2.81. The molecule has 1 aromatic carbocycles. The molecule has 1 N–H and O–H groups in total. The fourth-order valence-electron chi connectivity index (χ4n) is 1.87. The van der Waals surface area contributed by atoms with Crippen LogP contribution in [0.15, 0.2) is 34.2 Å². The molecule has 0 aliphatic rings. The van der Waals surface area contributed by atoms with Gasteiger partial charge in [0.1, 0.15) is 5.82 Å². The van der Waals surface area contributed by atoms with Gasteiger partial charge in [0.2, 0.25) is 0 Å². The van der Waals surface area contributed by atoms with E-state index in [9.17, 15) is 14.0 Å². The van der Waals surface area contributed by atoms with Crippen molar-refractivity contribution in [3.63, 3.8) is 0 Å². The van der Waals surface area contributed by atoms with E-state index in [1.807, 2.05) is 6.92 Å². The molecular weight excluding hydrogens is 293 g/mol. The van der Waals surface area contributed by atoms with Gasteiger partial charge in [-0.3, -0.25) is 9.36 Å². The maximum atomic E-state index is 12.9. The van der Waals surface area contributed by atoms with Crippen LogP contribution in [-0.4, -0.2) is 25.8 Å². The Morgan fingerprint density at radius 3 is 2.71 bits per heavy atom. The third-order valence-corrected chi connectivity index (χ3v) is 4.04. The number of carbonyl (C=O) groups excluding carboxylic acids is 1. The Labute approximate surface area is 125 Å². The average molecular weight is 309 g/mol. The van der Waals surface area contributed by atoms with Gasteiger partial charge in [0.25, 0.3) is 0 Å². The van der Waals surface area contributed by atoms with E-state index in [0.29, 0.717) is 17.3 Å². The quantitative estimate of drug-likeness (QED) is 0.657. The van der Waals surface area contributed by atoms with E-state index in [0.717, 1.165) is 6.42 Å². The minimum atomic E-state index is -0.415. The Balaban J connectivity index is 2.14. The molecule has 0 amide bonds. The van der Waals surface area contributed by atoms with Gasteiger partial charge in [0.05, 0.1) is 5.25 Å². The molecule has 21 heavy (non-hydrogen) atoms. The SMILES string of the molecule is CCCn1c(S[C@H](C)C(=O)c2ccc(F)cc2)n[nH]c1=O. The molecule has 2 rings (SSSR count). The largest absolute Gasteiger partial charge is 0.343 e. The fourth-order valence-corrected chi connectivity index (χ4v) is 2.83. The Morgan fingerprint density at radius 2 is 2.10 bits per heavy atom. The molecule has 0 fully saturated rings. The molecule has 1 atom stereocenters. The fraction of sp³-hybridized carbons (Fsp3) is 0.357. The zero-order valence-corrected chi connectivity index (χ0v) is 12.6. The van der Waals surface area contributed by atoms with Crippen molar-refractivity contribution in [2.75, 3.05) is 0 Å². The van der Waals surface area contributed by atoms with Crippen LogP contribution in [0.4, 0.5) is 4.39 Å². The van der Waals surface area contributed by atoms with E-state index < -0.39 is 5.25 Å². The number of halogens is 1. The summed E-state index contributed by atoms with van der Waals surface area (Å²) in [5.74, 6) is -0.505. The van der Waals surface area contributed by atoms with E-state index in [1.165, 1.54) is 40.6 Å². The maximum absolute atomic E-state index is 12.9. The van der Waals surface area contributed by atoms with E-state index in [-0.39, 0.29) is 17.3 Å². The highest BCUT2D eigenvalue weighted by atomic mass is 32.2. The van der Waals surface area contributed by atoms with E-state index in [2.05, 4.69) is 10.2 Å². The normalized spacial score (nSPS) is 12.3. The van der Waals surface area contributed by atoms with Crippen LogP contribution in [0, 0.1) is 5.82 Å². The molecule has 0 aliphatic heterocycles. The van der Waals surface area contributed by atoms with Gasteiger partial charge in [-0.1, -0.05) is 18.7 Å². The molecule has 0 saturated heterocycles. The predicted octanol–water partition coefficient (Wildman–Crippen LogP) is 2.48. The highest BCUT2D eigenvalue weighted by molar-refractivity contribution is 8.00. The van der Waals surface area contributed by atoms with Crippen molar-refractivity contribution < 1.29 is 9.18 Å². The van der Waals surface area contributed by atoms with Crippen LogP contribution in [-0.2, 0) is 6.54 Å². The molecule has 0 saturated carbocycles. The van der Waals surface area contributed by atoms with Gasteiger partial charge >= 0.3 is 5.69 Å². The zero-order valence-electron chi connectivity index (χ0n) is 11.8. The summed E-state index contributed by atoms with van der Waals surface area (Å²) >= 11 is 1.22. The molecule has 112 valence electrons. The second-order valence-electron chi connectivity index (χ2n) is 4.59. The first-order chi connectivity index (χ1) is 10.0. The number of aromatic amines is 1. The number of ketones is 1. The number of nitrogens with one attached hydrogen (secondary N) is 1. The Morgan fingerprint density at radius 1 is 1.43 bits per heavy atom. The third kappa shape index (κ3) is 3.60. The molecule has 5 nitrogen and oxygen atoms in total. The van der Waals surface area contributed by atoms with Crippen LogP contribution >= 0.6 is 11.8 Å². The molecule has 7 heteroatoms. The summed E-state index contributed by atoms with van der Waals surface area (Å²) in [5, 5.41) is 6.41. The lowest BCUT2D eigenvalue weighted by Gasteiger charge is -2.10. The highest BCUT2D eigenvalue weighted by Crippen LogP contribution is 2.23. The van der Waals surface area contributed by atoms with Crippen molar-refractivity contribution >= 4 is 17.5 Å². The van der Waals surface area contributed by atoms with Crippen molar-refractivity contribution in [3.8, 4) is 0 Å². The van der Waals surface area contributed by atoms with Crippen molar-refractivity contribution in [2.45, 2.75) is 37.2 Å². The summed E-state index contributed by atoms with van der Waals surface area (Å²) in [6.45, 7) is 4.25. The second-order valence-corrected chi connectivity index (χ2v) is 5.90. The number of rotatable bonds is 6. The second kappa shape index (κ2) is 6.71. The number of hydrogen-bond acceptors (Lipinski definition) is 4. The minimum Gasteiger partial charge on any atom is -0.293 e. The number of nitrogens with zero attached hydrogens (tertiary/aromatic N) is 2. The van der Waals surface area contributed by atoms with Crippen LogP contribution in [0.2, 0.25) is 0 Å². The smallest absolute Gasteiger partial charge is 0.293 e. The van der Waals surface area contributed by atoms with Crippen LogP contribution in [0.3, 0.4) is 0 Å². The van der Waals surface area contributed by atoms with Crippen molar-refractivity contribution in [1.82, 2.24) is 14.8 Å². The maximum Gasteiger partial charge on any atom is 0.343 e. The van der Waals surface area contributed by atoms with Gasteiger partial charge in [0, 0.05) is 12.1 Å². The lowest BCUT2D eigenvalue weighted by Crippen LogP contribution is -2.19. The lowest BCUT2D eigenvalue weighted by atomic mass is 10.1. The molecule has 0 unspecified atom stereocenters. The number of thioether (sulfide) groups is 1. The highest BCUT2D eigenvalue weighted by Gasteiger charge is 2.20. The molecule has 1 aromatic heterocycles. The van der Waals surface area contributed by atoms with E-state index in [4.69, 9.17) is 0 Å². The van der Waals surface area contributed by atoms with Gasteiger partial charge in [-0.2, -0.15) is 0 Å². The monoisotopic (exact) mass is 309 g/mol. The van der Waals surface area contributed by atoms with Crippen LogP contribution in [0.25, 0.3) is 0 Å². The predicted molar refractivity (Wildman–Crippen MR) is 79.2 cm³/mol. The van der Waals surface area contributed by atoms with Crippen molar-refractivity contribution in [1.29, 1.82) is 0 Å². The Hall–Kier alpha value is -1.89. The summed E-state index contributed by atoms with van der Waals surface area (Å²) in [6.07, 6.45) is 0.799. The first-order valence-corrected chi connectivity index (χ1v) is 7.52. The van der Waals surface area contributed by atoms with Crippen molar-refractivity contribution in [3.05, 3.63) is 46.1 Å². The van der Waals surface area contributed by atoms with Crippen molar-refractivity contribution in [2.24, 2.45) is 0 Å². The molecular formula is C14H16FN3O2S. The number of aromatic nitrogens is 3. The molecule has 1 heterocycles. The Kier molecular flexibility index (Phi) is 4.95. The Bertz CT molecular complexity index is 678. The molecule has 0 spiro atoms. The summed E-state index contributed by atoms with van der Waals surface area (Å²) in [7, 11) is 0. The lowest BCUT2D eigenvalue weighted by molar-refractivity contribution is 0.0994. The van der Waals surface area contributed by atoms with Crippen LogP contribution < -0.4 is 5.69 Å². The molecule has 0 radical (unpaired) electrons. The standard InChI is InChI=1S/C14H16FN3O2S/c1-3-8-18-13(20)16-17-14(18)21-9(2)12(19)10-4-6-11(15)7-5-10/h4-7,9H,3,8H2,1-2H3,(H,16,20)/t9-/m1/s1.